The predicted octanol–water partition coefficient (Wildman–Crippen LogP) is 4.20. The van der Waals surface area contributed by atoms with Gasteiger partial charge in [-0.25, -0.2) is 4.98 Å². The third kappa shape index (κ3) is 4.44. The molecule has 37 heavy (non-hydrogen) atoms. The maximum absolute atomic E-state index is 12.7. The number of aromatic nitrogens is 2. The molecule has 4 aromatic rings. The van der Waals surface area contributed by atoms with Gasteiger partial charge >= 0.3 is 0 Å². The Morgan fingerprint density at radius 3 is 2.84 bits per heavy atom. The van der Waals surface area contributed by atoms with Gasteiger partial charge < -0.3 is 16.0 Å². The maximum Gasteiger partial charge on any atom is 0.251 e. The van der Waals surface area contributed by atoms with Crippen LogP contribution in [0.15, 0.2) is 67.0 Å². The fourth-order valence-corrected chi connectivity index (χ4v) is 5.45. The number of likely N-dealkylation sites (tertiary alicyclic amines) is 1. The first-order chi connectivity index (χ1) is 18.1. The molecule has 8 heteroatoms. The Morgan fingerprint density at radius 1 is 1.14 bits per heavy atom. The second-order valence-electron chi connectivity index (χ2n) is 9.64. The van der Waals surface area contributed by atoms with Crippen LogP contribution in [0.2, 0.25) is 0 Å². The molecule has 2 amide bonds. The van der Waals surface area contributed by atoms with Gasteiger partial charge in [0.1, 0.15) is 0 Å². The van der Waals surface area contributed by atoms with Crippen LogP contribution >= 0.6 is 0 Å². The van der Waals surface area contributed by atoms with Crippen molar-refractivity contribution in [2.24, 2.45) is 0 Å². The summed E-state index contributed by atoms with van der Waals surface area (Å²) in [4.78, 5) is 31.6. The molecule has 4 heterocycles. The van der Waals surface area contributed by atoms with Crippen LogP contribution in [0, 0.1) is 0 Å². The summed E-state index contributed by atoms with van der Waals surface area (Å²) in [5.41, 5.74) is 6.96. The molecule has 1 saturated heterocycles. The molecule has 1 atom stereocenters. The highest BCUT2D eigenvalue weighted by Crippen LogP contribution is 2.30. The fourth-order valence-electron chi connectivity index (χ4n) is 5.45. The van der Waals surface area contributed by atoms with E-state index in [-0.39, 0.29) is 11.8 Å². The zero-order chi connectivity index (χ0) is 25.4. The van der Waals surface area contributed by atoms with Crippen molar-refractivity contribution in [1.29, 1.82) is 0 Å². The zero-order valence-corrected chi connectivity index (χ0v) is 20.8. The van der Waals surface area contributed by atoms with Crippen LogP contribution in [0.5, 0.6) is 0 Å². The van der Waals surface area contributed by atoms with E-state index in [9.17, 15) is 9.59 Å². The van der Waals surface area contributed by atoms with Gasteiger partial charge in [0, 0.05) is 48.3 Å². The SMILES string of the molecule is CCN1CCCC1CNC(=O)c1ccc(Nc2ccc(-c3ccc4c(c3)CNC4=O)n3ccnc23)cc1. The van der Waals surface area contributed by atoms with E-state index in [2.05, 4.69) is 38.8 Å². The molecule has 8 nitrogen and oxygen atoms in total. The molecule has 2 aliphatic rings. The normalized spacial score (nSPS) is 17.1. The number of pyridine rings is 1. The van der Waals surface area contributed by atoms with Gasteiger partial charge in [-0.2, -0.15) is 0 Å². The molecule has 0 saturated carbocycles. The van der Waals surface area contributed by atoms with Crippen molar-refractivity contribution >= 4 is 28.8 Å². The molecule has 0 bridgehead atoms. The van der Waals surface area contributed by atoms with Gasteiger partial charge in [0.05, 0.1) is 11.4 Å². The monoisotopic (exact) mass is 494 g/mol. The number of likely N-dealkylation sites (N-methyl/N-ethyl adjacent to an activating group) is 1. The number of imidazole rings is 1. The number of fused-ring (bicyclic) bond motifs is 2. The smallest absolute Gasteiger partial charge is 0.251 e. The number of hydrogen-bond acceptors (Lipinski definition) is 5. The predicted molar refractivity (Wildman–Crippen MR) is 144 cm³/mol. The van der Waals surface area contributed by atoms with E-state index in [0.29, 0.717) is 24.7 Å². The topological polar surface area (TPSA) is 90.8 Å². The van der Waals surface area contributed by atoms with Crippen molar-refractivity contribution in [2.45, 2.75) is 32.4 Å². The second-order valence-corrected chi connectivity index (χ2v) is 9.64. The first kappa shape index (κ1) is 23.2. The lowest BCUT2D eigenvalue weighted by Gasteiger charge is -2.22. The minimum atomic E-state index is -0.0410. The van der Waals surface area contributed by atoms with Gasteiger partial charge in [-0.05, 0) is 85.6 Å². The van der Waals surface area contributed by atoms with Crippen LogP contribution < -0.4 is 16.0 Å². The maximum atomic E-state index is 12.7. The number of benzene rings is 2. The van der Waals surface area contributed by atoms with Gasteiger partial charge in [-0.1, -0.05) is 13.0 Å². The number of anilines is 2. The summed E-state index contributed by atoms with van der Waals surface area (Å²) in [5.74, 6) is -0.0601. The fraction of sp³-hybridized carbons (Fsp3) is 0.276. The number of carbonyl (C=O) groups excluding carboxylic acids is 2. The van der Waals surface area contributed by atoms with E-state index in [1.165, 1.54) is 6.42 Å². The summed E-state index contributed by atoms with van der Waals surface area (Å²) < 4.78 is 2.04. The van der Waals surface area contributed by atoms with Gasteiger partial charge in [-0.15, -0.1) is 0 Å². The van der Waals surface area contributed by atoms with Crippen molar-refractivity contribution in [1.82, 2.24) is 24.9 Å². The quantitative estimate of drug-likeness (QED) is 0.358. The molecule has 1 unspecified atom stereocenters. The van der Waals surface area contributed by atoms with Crippen molar-refractivity contribution in [3.63, 3.8) is 0 Å². The molecule has 2 aromatic heterocycles. The van der Waals surface area contributed by atoms with Crippen molar-refractivity contribution in [3.8, 4) is 11.3 Å². The molecule has 0 aliphatic carbocycles. The van der Waals surface area contributed by atoms with Gasteiger partial charge in [-0.3, -0.25) is 18.9 Å². The lowest BCUT2D eigenvalue weighted by Crippen LogP contribution is -2.40. The first-order valence-corrected chi connectivity index (χ1v) is 12.9. The highest BCUT2D eigenvalue weighted by atomic mass is 16.2. The molecule has 0 radical (unpaired) electrons. The molecule has 2 aromatic carbocycles. The van der Waals surface area contributed by atoms with Gasteiger partial charge in [0.25, 0.3) is 11.8 Å². The number of rotatable bonds is 7. The van der Waals surface area contributed by atoms with Crippen LogP contribution in [0.3, 0.4) is 0 Å². The number of nitrogens with zero attached hydrogens (tertiary/aromatic N) is 3. The third-order valence-corrected chi connectivity index (χ3v) is 7.46. The van der Waals surface area contributed by atoms with E-state index >= 15 is 0 Å². The van der Waals surface area contributed by atoms with E-state index in [1.807, 2.05) is 59.1 Å². The Labute approximate surface area is 215 Å². The summed E-state index contributed by atoms with van der Waals surface area (Å²) >= 11 is 0. The number of amides is 2. The van der Waals surface area contributed by atoms with Crippen LogP contribution in [-0.2, 0) is 6.54 Å². The lowest BCUT2D eigenvalue weighted by atomic mass is 10.0. The average Bonchev–Trinajstić information content (AvgIpc) is 3.68. The van der Waals surface area contributed by atoms with Gasteiger partial charge in [0.15, 0.2) is 5.65 Å². The highest BCUT2D eigenvalue weighted by Gasteiger charge is 2.23. The standard InChI is InChI=1S/C29H30N6O2/c1-2-34-14-3-4-23(34)18-32-28(36)19-5-8-22(9-6-19)33-25-11-12-26(35-15-13-30-27(25)35)20-7-10-24-21(16-20)17-31-29(24)37/h5-13,15-16,23,33H,2-4,14,17-18H2,1H3,(H,31,37)(H,32,36). The number of nitrogens with one attached hydrogen (secondary N) is 3. The van der Waals surface area contributed by atoms with E-state index in [1.54, 1.807) is 6.20 Å². The van der Waals surface area contributed by atoms with Crippen molar-refractivity contribution in [2.75, 3.05) is 25.0 Å². The molecule has 2 aliphatic heterocycles. The summed E-state index contributed by atoms with van der Waals surface area (Å²) in [6.07, 6.45) is 6.05. The number of carbonyl (C=O) groups is 2. The Morgan fingerprint density at radius 2 is 2.00 bits per heavy atom. The molecule has 3 N–H and O–H groups in total. The summed E-state index contributed by atoms with van der Waals surface area (Å²) in [7, 11) is 0. The summed E-state index contributed by atoms with van der Waals surface area (Å²) in [6.45, 7) is 5.56. The lowest BCUT2D eigenvalue weighted by molar-refractivity contribution is 0.0939. The Kier molecular flexibility index (Phi) is 6.10. The second kappa shape index (κ2) is 9.71. The molecule has 0 spiro atoms. The van der Waals surface area contributed by atoms with Gasteiger partial charge in [0.2, 0.25) is 0 Å². The Hall–Kier alpha value is -4.17. The molecular formula is C29H30N6O2. The number of hydrogen-bond donors (Lipinski definition) is 3. The Bertz CT molecular complexity index is 1480. The van der Waals surface area contributed by atoms with Crippen LogP contribution in [0.25, 0.3) is 16.9 Å². The first-order valence-electron chi connectivity index (χ1n) is 12.9. The van der Waals surface area contributed by atoms with Crippen LogP contribution in [-0.4, -0.2) is 51.8 Å². The average molecular weight is 495 g/mol. The molecule has 1 fully saturated rings. The van der Waals surface area contributed by atoms with E-state index < -0.39 is 0 Å². The van der Waals surface area contributed by atoms with E-state index in [0.717, 1.165) is 58.9 Å². The minimum absolute atomic E-state index is 0.0191. The third-order valence-electron chi connectivity index (χ3n) is 7.46. The van der Waals surface area contributed by atoms with Crippen LogP contribution in [0.4, 0.5) is 11.4 Å². The molecular weight excluding hydrogens is 464 g/mol. The molecule has 188 valence electrons. The highest BCUT2D eigenvalue weighted by molar-refractivity contribution is 5.99. The van der Waals surface area contributed by atoms with E-state index in [4.69, 9.17) is 0 Å². The minimum Gasteiger partial charge on any atom is -0.352 e. The Balaban J connectivity index is 1.17. The largest absolute Gasteiger partial charge is 0.352 e. The summed E-state index contributed by atoms with van der Waals surface area (Å²) in [6, 6.07) is 17.9. The van der Waals surface area contributed by atoms with Crippen molar-refractivity contribution < 1.29 is 9.59 Å². The van der Waals surface area contributed by atoms with Crippen molar-refractivity contribution in [3.05, 3.63) is 83.7 Å². The molecule has 6 rings (SSSR count). The summed E-state index contributed by atoms with van der Waals surface area (Å²) in [5, 5.41) is 9.41. The zero-order valence-electron chi connectivity index (χ0n) is 20.8. The van der Waals surface area contributed by atoms with Crippen LogP contribution in [0.1, 0.15) is 46.0 Å².